The van der Waals surface area contributed by atoms with E-state index in [1.165, 1.54) is 0 Å². The Labute approximate surface area is 162 Å². The Balaban J connectivity index is 0.00000225. The molecule has 0 atom stereocenters. The number of nitrogens with one attached hydrogen (secondary N) is 1. The number of hydrogen-bond acceptors (Lipinski definition) is 6. The second kappa shape index (κ2) is 8.78. The van der Waals surface area contributed by atoms with Crippen molar-refractivity contribution in [3.05, 3.63) is 18.5 Å². The molecule has 1 aromatic rings. The van der Waals surface area contributed by atoms with Crippen LogP contribution in [-0.2, 0) is 4.79 Å². The monoisotopic (exact) mass is 460 g/mol. The molecule has 3 heterocycles. The van der Waals surface area contributed by atoms with Gasteiger partial charge in [0.1, 0.15) is 0 Å². The molecule has 2 fully saturated rings. The average molecular weight is 460 g/mol. The lowest BCUT2D eigenvalue weighted by Gasteiger charge is -2.35. The van der Waals surface area contributed by atoms with Gasteiger partial charge in [-0.1, -0.05) is 0 Å². The van der Waals surface area contributed by atoms with Gasteiger partial charge in [0.25, 0.3) is 0 Å². The molecule has 3 rings (SSSR count). The number of urea groups is 1. The number of anilines is 1. The van der Waals surface area contributed by atoms with Crippen LogP contribution in [0.25, 0.3) is 0 Å². The van der Waals surface area contributed by atoms with Crippen LogP contribution in [-0.4, -0.2) is 83.5 Å². The highest BCUT2D eigenvalue weighted by Crippen LogP contribution is 2.09. The Bertz CT molecular complexity index is 617. The third kappa shape index (κ3) is 4.67. The molecule has 0 aliphatic carbocycles. The summed E-state index contributed by atoms with van der Waals surface area (Å²) in [7, 11) is 0. The number of nitrogens with zero attached hydrogens (tertiary/aromatic N) is 6. The molecule has 0 spiro atoms. The maximum absolute atomic E-state index is 11.5. The fraction of sp³-hybridized carbons (Fsp3) is 0.500. The van der Waals surface area contributed by atoms with Crippen molar-refractivity contribution in [2.24, 2.45) is 10.7 Å². The predicted molar refractivity (Wildman–Crippen MR) is 103 cm³/mol. The molecule has 3 amide bonds. The number of hydrogen-bond donors (Lipinski definition) is 2. The molecule has 0 unspecified atom stereocenters. The number of halogens is 1. The SMILES string of the molecule is I.NC(=NCCN1C(=O)CNC1=O)N1CCN(c2ncccn2)CC1. The Kier molecular flexibility index (Phi) is 6.73. The third-order valence-electron chi connectivity index (χ3n) is 3.97. The van der Waals surface area contributed by atoms with Crippen molar-refractivity contribution in [2.75, 3.05) is 50.7 Å². The van der Waals surface area contributed by atoms with E-state index < -0.39 is 0 Å². The molecule has 136 valence electrons. The first-order valence-electron chi connectivity index (χ1n) is 7.80. The maximum atomic E-state index is 11.5. The van der Waals surface area contributed by atoms with Crippen LogP contribution in [0.3, 0.4) is 0 Å². The lowest BCUT2D eigenvalue weighted by molar-refractivity contribution is -0.124. The second-order valence-corrected chi connectivity index (χ2v) is 5.47. The van der Waals surface area contributed by atoms with Crippen LogP contribution in [0.1, 0.15) is 0 Å². The highest BCUT2D eigenvalue weighted by molar-refractivity contribution is 14.0. The molecule has 3 N–H and O–H groups in total. The van der Waals surface area contributed by atoms with Gasteiger partial charge < -0.3 is 20.9 Å². The minimum Gasteiger partial charge on any atom is -0.370 e. The first-order valence-corrected chi connectivity index (χ1v) is 7.80. The summed E-state index contributed by atoms with van der Waals surface area (Å²) in [5.41, 5.74) is 6.01. The van der Waals surface area contributed by atoms with Crippen molar-refractivity contribution in [1.82, 2.24) is 25.1 Å². The van der Waals surface area contributed by atoms with E-state index in [4.69, 9.17) is 5.73 Å². The first-order chi connectivity index (χ1) is 11.6. The topological polar surface area (TPSA) is 120 Å². The third-order valence-corrected chi connectivity index (χ3v) is 3.97. The van der Waals surface area contributed by atoms with Crippen molar-refractivity contribution in [1.29, 1.82) is 0 Å². The van der Waals surface area contributed by atoms with Gasteiger partial charge >= 0.3 is 6.03 Å². The number of carbonyl (C=O) groups excluding carboxylic acids is 2. The normalized spacial score (nSPS) is 18.2. The number of carbonyl (C=O) groups is 2. The highest BCUT2D eigenvalue weighted by atomic mass is 127. The summed E-state index contributed by atoms with van der Waals surface area (Å²) in [5, 5.41) is 2.47. The summed E-state index contributed by atoms with van der Waals surface area (Å²) >= 11 is 0. The molecule has 1 aromatic heterocycles. The summed E-state index contributed by atoms with van der Waals surface area (Å²) in [6.07, 6.45) is 3.45. The van der Waals surface area contributed by atoms with Crippen LogP contribution in [0.15, 0.2) is 23.5 Å². The van der Waals surface area contributed by atoms with Crippen LogP contribution >= 0.6 is 24.0 Å². The van der Waals surface area contributed by atoms with Crippen molar-refractivity contribution in [3.8, 4) is 0 Å². The molecular weight excluding hydrogens is 439 g/mol. The van der Waals surface area contributed by atoms with Crippen molar-refractivity contribution in [2.45, 2.75) is 0 Å². The molecule has 0 bridgehead atoms. The zero-order valence-electron chi connectivity index (χ0n) is 13.7. The minimum absolute atomic E-state index is 0. The van der Waals surface area contributed by atoms with Crippen LogP contribution in [0.4, 0.5) is 10.7 Å². The number of rotatable bonds is 4. The Hall–Kier alpha value is -2.18. The molecule has 0 radical (unpaired) electrons. The Morgan fingerprint density at radius 2 is 1.88 bits per heavy atom. The lowest BCUT2D eigenvalue weighted by Crippen LogP contribution is -2.51. The van der Waals surface area contributed by atoms with E-state index in [2.05, 4.69) is 25.2 Å². The van der Waals surface area contributed by atoms with Gasteiger partial charge in [0.15, 0.2) is 5.96 Å². The number of nitrogens with two attached hydrogens (primary N) is 1. The molecule has 11 heteroatoms. The number of aliphatic imine (C=N–C) groups is 1. The number of piperazine rings is 1. The lowest BCUT2D eigenvalue weighted by atomic mass is 10.3. The molecular formula is C14H21IN8O2. The van der Waals surface area contributed by atoms with Gasteiger partial charge in [-0.3, -0.25) is 14.7 Å². The maximum Gasteiger partial charge on any atom is 0.324 e. The van der Waals surface area contributed by atoms with Crippen LogP contribution in [0, 0.1) is 0 Å². The van der Waals surface area contributed by atoms with Gasteiger partial charge in [0, 0.05) is 38.6 Å². The summed E-state index contributed by atoms with van der Waals surface area (Å²) in [4.78, 5) is 40.9. The Morgan fingerprint density at radius 3 is 2.48 bits per heavy atom. The molecule has 0 aromatic carbocycles. The summed E-state index contributed by atoms with van der Waals surface area (Å²) in [6.45, 7) is 3.55. The fourth-order valence-electron chi connectivity index (χ4n) is 2.64. The molecule has 2 saturated heterocycles. The molecule has 25 heavy (non-hydrogen) atoms. The van der Waals surface area contributed by atoms with Crippen LogP contribution < -0.4 is 16.0 Å². The summed E-state index contributed by atoms with van der Waals surface area (Å²) in [6, 6.07) is 1.42. The second-order valence-electron chi connectivity index (χ2n) is 5.47. The summed E-state index contributed by atoms with van der Waals surface area (Å²) in [5.74, 6) is 0.909. The van der Waals surface area contributed by atoms with Crippen molar-refractivity contribution >= 4 is 47.8 Å². The minimum atomic E-state index is -0.370. The van der Waals surface area contributed by atoms with Gasteiger partial charge in [-0.2, -0.15) is 0 Å². The van der Waals surface area contributed by atoms with Gasteiger partial charge in [0.05, 0.1) is 19.6 Å². The van der Waals surface area contributed by atoms with Gasteiger partial charge in [0.2, 0.25) is 11.9 Å². The van der Waals surface area contributed by atoms with Crippen molar-refractivity contribution < 1.29 is 9.59 Å². The highest BCUT2D eigenvalue weighted by Gasteiger charge is 2.27. The fourth-order valence-corrected chi connectivity index (χ4v) is 2.64. The standard InChI is InChI=1S/C14H20N8O2.HI/c15-12(16-4-5-22-11(23)10-19-14(22)24)20-6-8-21(9-7-20)13-17-2-1-3-18-13;/h1-3H,4-10H2,(H2,15,16)(H,19,24);1H. The average Bonchev–Trinajstić information content (AvgIpc) is 2.94. The van der Waals surface area contributed by atoms with Gasteiger partial charge in [-0.25, -0.2) is 14.8 Å². The van der Waals surface area contributed by atoms with Crippen molar-refractivity contribution in [3.63, 3.8) is 0 Å². The molecule has 0 saturated carbocycles. The van der Waals surface area contributed by atoms with Crippen LogP contribution in [0.2, 0.25) is 0 Å². The first kappa shape index (κ1) is 19.1. The van der Waals surface area contributed by atoms with Crippen LogP contribution in [0.5, 0.6) is 0 Å². The predicted octanol–water partition coefficient (Wildman–Crippen LogP) is -0.917. The van der Waals surface area contributed by atoms with E-state index in [0.717, 1.165) is 31.1 Å². The number of aromatic nitrogens is 2. The van der Waals surface area contributed by atoms with Gasteiger partial charge in [-0.05, 0) is 6.07 Å². The number of amides is 3. The number of imide groups is 1. The quantitative estimate of drug-likeness (QED) is 0.258. The molecule has 2 aliphatic heterocycles. The largest absolute Gasteiger partial charge is 0.370 e. The summed E-state index contributed by atoms with van der Waals surface area (Å²) < 4.78 is 0. The smallest absolute Gasteiger partial charge is 0.324 e. The van der Waals surface area contributed by atoms with E-state index in [-0.39, 0.29) is 49.0 Å². The van der Waals surface area contributed by atoms with E-state index in [9.17, 15) is 9.59 Å². The zero-order chi connectivity index (χ0) is 16.9. The van der Waals surface area contributed by atoms with E-state index in [0.29, 0.717) is 18.5 Å². The van der Waals surface area contributed by atoms with E-state index in [1.807, 2.05) is 4.90 Å². The van der Waals surface area contributed by atoms with Gasteiger partial charge in [-0.15, -0.1) is 24.0 Å². The van der Waals surface area contributed by atoms with E-state index in [1.54, 1.807) is 18.5 Å². The number of guanidine groups is 1. The zero-order valence-corrected chi connectivity index (χ0v) is 16.0. The molecule has 10 nitrogen and oxygen atoms in total. The van der Waals surface area contributed by atoms with E-state index >= 15 is 0 Å². The molecule has 2 aliphatic rings. The Morgan fingerprint density at radius 1 is 1.20 bits per heavy atom.